The SMILES string of the molecule is O=C(Oc1cc(I)c(S(=O)(=O)[O-])c(I)c1)c1cccc(I)c1. The van der Waals surface area contributed by atoms with Crippen molar-refractivity contribution in [2.24, 2.45) is 0 Å². The van der Waals surface area contributed by atoms with Crippen LogP contribution in [0.5, 0.6) is 5.75 Å². The fourth-order valence-corrected chi connectivity index (χ4v) is 6.08. The first-order valence-corrected chi connectivity index (χ1v) is 10.3. The van der Waals surface area contributed by atoms with E-state index in [-0.39, 0.29) is 17.8 Å². The molecule has 0 unspecified atom stereocenters. The summed E-state index contributed by atoms with van der Waals surface area (Å²) in [4.78, 5) is 11.8. The third-order valence-electron chi connectivity index (χ3n) is 2.49. The number of carbonyl (C=O) groups is 1. The van der Waals surface area contributed by atoms with Crippen LogP contribution in [0.25, 0.3) is 0 Å². The summed E-state index contributed by atoms with van der Waals surface area (Å²) in [6.45, 7) is 0. The lowest BCUT2D eigenvalue weighted by atomic mass is 10.2. The largest absolute Gasteiger partial charge is 0.744 e. The van der Waals surface area contributed by atoms with Crippen molar-refractivity contribution < 1.29 is 22.5 Å². The van der Waals surface area contributed by atoms with E-state index in [2.05, 4.69) is 22.6 Å². The molecule has 0 aliphatic heterocycles. The van der Waals surface area contributed by atoms with Crippen LogP contribution in [0, 0.1) is 10.7 Å². The second kappa shape index (κ2) is 7.27. The molecule has 0 atom stereocenters. The maximum Gasteiger partial charge on any atom is 0.343 e. The summed E-state index contributed by atoms with van der Waals surface area (Å²) >= 11 is 5.54. The van der Waals surface area contributed by atoms with E-state index in [0.717, 1.165) is 3.57 Å². The third-order valence-corrected chi connectivity index (χ3v) is 6.54. The Morgan fingerprint density at radius 2 is 1.64 bits per heavy atom. The number of halogens is 3. The molecule has 2 rings (SSSR count). The Bertz CT molecular complexity index is 825. The Morgan fingerprint density at radius 1 is 1.05 bits per heavy atom. The van der Waals surface area contributed by atoms with E-state index in [0.29, 0.717) is 5.56 Å². The van der Waals surface area contributed by atoms with Gasteiger partial charge in [-0.1, -0.05) is 6.07 Å². The van der Waals surface area contributed by atoms with E-state index < -0.39 is 16.1 Å². The van der Waals surface area contributed by atoms with E-state index in [1.165, 1.54) is 12.1 Å². The van der Waals surface area contributed by atoms with Crippen LogP contribution in [0.15, 0.2) is 41.3 Å². The minimum Gasteiger partial charge on any atom is -0.744 e. The summed E-state index contributed by atoms with van der Waals surface area (Å²) in [5.74, 6) is -0.368. The van der Waals surface area contributed by atoms with Gasteiger partial charge in [0.2, 0.25) is 0 Å². The molecule has 2 aromatic rings. The topological polar surface area (TPSA) is 83.5 Å². The second-order valence-electron chi connectivity index (χ2n) is 4.07. The van der Waals surface area contributed by atoms with Crippen LogP contribution in [-0.2, 0) is 10.1 Å². The first-order chi connectivity index (χ1) is 10.2. The summed E-state index contributed by atoms with van der Waals surface area (Å²) in [5, 5.41) is 0. The van der Waals surface area contributed by atoms with Gasteiger partial charge in [0.15, 0.2) is 0 Å². The number of hydrogen-bond donors (Lipinski definition) is 0. The molecule has 0 bridgehead atoms. The Hall–Kier alpha value is 0.01000. The number of ether oxygens (including phenoxy) is 1. The highest BCUT2D eigenvalue weighted by atomic mass is 127. The molecule has 0 heterocycles. The highest BCUT2D eigenvalue weighted by Crippen LogP contribution is 2.29. The molecule has 0 aromatic heterocycles. The molecule has 0 spiro atoms. The lowest BCUT2D eigenvalue weighted by molar-refractivity contribution is 0.0734. The van der Waals surface area contributed by atoms with Gasteiger partial charge in [0.05, 0.1) is 10.5 Å². The molecule has 116 valence electrons. The Kier molecular flexibility index (Phi) is 6.07. The number of rotatable bonds is 3. The predicted molar refractivity (Wildman–Crippen MR) is 104 cm³/mol. The Balaban J connectivity index is 2.34. The van der Waals surface area contributed by atoms with Gasteiger partial charge >= 0.3 is 5.97 Å². The molecule has 0 fully saturated rings. The van der Waals surface area contributed by atoms with Gasteiger partial charge in [0, 0.05) is 10.7 Å². The maximum absolute atomic E-state index is 12.1. The van der Waals surface area contributed by atoms with Gasteiger partial charge in [-0.05, 0) is 98.1 Å². The number of benzene rings is 2. The molecule has 0 aliphatic rings. The summed E-state index contributed by atoms with van der Waals surface area (Å²) in [5.41, 5.74) is 0.387. The van der Waals surface area contributed by atoms with Crippen LogP contribution in [0.3, 0.4) is 0 Å². The van der Waals surface area contributed by atoms with Crippen molar-refractivity contribution in [1.29, 1.82) is 0 Å². The van der Waals surface area contributed by atoms with Crippen LogP contribution in [-0.4, -0.2) is 18.9 Å². The van der Waals surface area contributed by atoms with Crippen LogP contribution in [0.2, 0.25) is 0 Å². The van der Waals surface area contributed by atoms with Gasteiger partial charge in [-0.25, -0.2) is 13.2 Å². The van der Waals surface area contributed by atoms with Crippen molar-refractivity contribution >= 4 is 83.9 Å². The van der Waals surface area contributed by atoms with Crippen LogP contribution in [0.1, 0.15) is 10.4 Å². The smallest absolute Gasteiger partial charge is 0.343 e. The molecule has 0 aliphatic carbocycles. The Morgan fingerprint density at radius 3 is 2.14 bits per heavy atom. The van der Waals surface area contributed by atoms with Crippen molar-refractivity contribution in [2.75, 3.05) is 0 Å². The number of carbonyl (C=O) groups excluding carboxylic acids is 1. The molecule has 0 N–H and O–H groups in total. The lowest BCUT2D eigenvalue weighted by Crippen LogP contribution is -2.10. The van der Waals surface area contributed by atoms with Gasteiger partial charge in [-0.15, -0.1) is 0 Å². The number of hydrogen-bond acceptors (Lipinski definition) is 5. The standard InChI is InChI=1S/C13H7I3O5S/c14-8-3-1-2-7(4-8)13(17)21-9-5-10(15)12(11(16)6-9)22(18,19)20/h1-6H,(H,18,19,20)/p-1. The quantitative estimate of drug-likeness (QED) is 0.219. The minimum absolute atomic E-state index is 0.185. The van der Waals surface area contributed by atoms with Gasteiger partial charge in [-0.3, -0.25) is 0 Å². The molecule has 0 radical (unpaired) electrons. The molecule has 5 nitrogen and oxygen atoms in total. The zero-order chi connectivity index (χ0) is 16.5. The molecular formula is C13H6I3O5S-. The van der Waals surface area contributed by atoms with Crippen LogP contribution < -0.4 is 4.74 Å². The molecule has 22 heavy (non-hydrogen) atoms. The van der Waals surface area contributed by atoms with E-state index in [1.54, 1.807) is 63.4 Å². The first-order valence-electron chi connectivity index (χ1n) is 5.61. The van der Waals surface area contributed by atoms with Gasteiger partial charge in [0.1, 0.15) is 15.9 Å². The average molecular weight is 655 g/mol. The van der Waals surface area contributed by atoms with Crippen LogP contribution >= 0.6 is 67.8 Å². The van der Waals surface area contributed by atoms with Crippen molar-refractivity contribution in [1.82, 2.24) is 0 Å². The molecule has 0 saturated carbocycles. The second-order valence-corrected chi connectivity index (χ2v) is 8.96. The van der Waals surface area contributed by atoms with Gasteiger partial charge in [-0.2, -0.15) is 0 Å². The van der Waals surface area contributed by atoms with Gasteiger partial charge in [0.25, 0.3) is 0 Å². The van der Waals surface area contributed by atoms with Crippen LogP contribution in [0.4, 0.5) is 0 Å². The molecule has 9 heteroatoms. The normalized spacial score (nSPS) is 11.3. The van der Waals surface area contributed by atoms with Crippen molar-refractivity contribution in [3.63, 3.8) is 0 Å². The van der Waals surface area contributed by atoms with E-state index >= 15 is 0 Å². The highest BCUT2D eigenvalue weighted by Gasteiger charge is 2.16. The summed E-state index contributed by atoms with van der Waals surface area (Å²) in [6.07, 6.45) is 0. The summed E-state index contributed by atoms with van der Waals surface area (Å²) in [6, 6.07) is 9.57. The summed E-state index contributed by atoms with van der Waals surface area (Å²) < 4.78 is 40.1. The van der Waals surface area contributed by atoms with E-state index in [1.807, 2.05) is 6.07 Å². The maximum atomic E-state index is 12.1. The zero-order valence-corrected chi connectivity index (χ0v) is 17.8. The first kappa shape index (κ1) is 18.4. The molecule has 2 aromatic carbocycles. The average Bonchev–Trinajstić information content (AvgIpc) is 2.35. The predicted octanol–water partition coefficient (Wildman–Crippen LogP) is 3.62. The minimum atomic E-state index is -4.57. The van der Waals surface area contributed by atoms with E-state index in [4.69, 9.17) is 4.74 Å². The molecule has 0 saturated heterocycles. The monoisotopic (exact) mass is 655 g/mol. The highest BCUT2D eigenvalue weighted by molar-refractivity contribution is 14.1. The van der Waals surface area contributed by atoms with Crippen molar-refractivity contribution in [3.05, 3.63) is 52.7 Å². The number of esters is 1. The summed E-state index contributed by atoms with van der Waals surface area (Å²) in [7, 11) is -4.57. The third kappa shape index (κ3) is 4.52. The Labute approximate surface area is 168 Å². The van der Waals surface area contributed by atoms with Crippen molar-refractivity contribution in [2.45, 2.75) is 4.90 Å². The fraction of sp³-hybridized carbons (Fsp3) is 0. The van der Waals surface area contributed by atoms with E-state index in [9.17, 15) is 17.8 Å². The zero-order valence-electron chi connectivity index (χ0n) is 10.5. The fourth-order valence-electron chi connectivity index (χ4n) is 1.62. The van der Waals surface area contributed by atoms with Gasteiger partial charge < -0.3 is 9.29 Å². The van der Waals surface area contributed by atoms with Crippen molar-refractivity contribution in [3.8, 4) is 5.75 Å². The lowest BCUT2D eigenvalue weighted by Gasteiger charge is -2.13. The molecular weight excluding hydrogens is 649 g/mol. The molecule has 0 amide bonds.